The van der Waals surface area contributed by atoms with E-state index in [0.29, 0.717) is 24.5 Å². The largest absolute Gasteiger partial charge is 0.479 e. The smallest absolute Gasteiger partial charge is 0.267 e. The molecule has 0 aliphatic carbocycles. The Morgan fingerprint density at radius 1 is 1.25 bits per heavy atom. The van der Waals surface area contributed by atoms with Crippen LogP contribution in [0.25, 0.3) is 0 Å². The zero-order valence-corrected chi connectivity index (χ0v) is 13.4. The molecule has 0 saturated heterocycles. The molecule has 1 aromatic carbocycles. The Morgan fingerprint density at radius 2 is 2.04 bits per heavy atom. The van der Waals surface area contributed by atoms with E-state index in [2.05, 4.69) is 10.3 Å². The number of nitrogens with zero attached hydrogens (tertiary/aromatic N) is 2. The van der Waals surface area contributed by atoms with Crippen LogP contribution in [-0.2, 0) is 16.1 Å². The van der Waals surface area contributed by atoms with Crippen LogP contribution in [0.5, 0.6) is 5.75 Å². The van der Waals surface area contributed by atoms with Crippen LogP contribution in [-0.4, -0.2) is 29.4 Å². The van der Waals surface area contributed by atoms with Gasteiger partial charge in [0, 0.05) is 19.2 Å². The molecule has 1 aliphatic heterocycles. The first-order valence-corrected chi connectivity index (χ1v) is 7.89. The highest BCUT2D eigenvalue weighted by Crippen LogP contribution is 2.33. The van der Waals surface area contributed by atoms with Crippen molar-refractivity contribution >= 4 is 17.5 Å². The second-order valence-electron chi connectivity index (χ2n) is 5.57. The molecular formula is C18H19N3O3. The lowest BCUT2D eigenvalue weighted by atomic mass is 10.1. The predicted molar refractivity (Wildman–Crippen MR) is 89.6 cm³/mol. The van der Waals surface area contributed by atoms with Gasteiger partial charge < -0.3 is 15.0 Å². The number of pyridine rings is 1. The van der Waals surface area contributed by atoms with Crippen LogP contribution in [0.1, 0.15) is 19.0 Å². The first-order valence-electron chi connectivity index (χ1n) is 7.89. The molecule has 0 bridgehead atoms. The van der Waals surface area contributed by atoms with Crippen molar-refractivity contribution in [1.82, 2.24) is 10.3 Å². The molecule has 2 heterocycles. The van der Waals surface area contributed by atoms with Crippen LogP contribution >= 0.6 is 0 Å². The number of para-hydroxylation sites is 2. The summed E-state index contributed by atoms with van der Waals surface area (Å²) in [5.41, 5.74) is 1.50. The first-order chi connectivity index (χ1) is 11.6. The van der Waals surface area contributed by atoms with Gasteiger partial charge >= 0.3 is 0 Å². The number of fused-ring (bicyclic) bond motifs is 1. The Bertz CT molecular complexity index is 733. The monoisotopic (exact) mass is 325 g/mol. The van der Waals surface area contributed by atoms with Gasteiger partial charge in [-0.15, -0.1) is 0 Å². The SMILES string of the molecule is C[C@@H]1Oc2ccccc2N(CCC(=O)NCc2ccccn2)C1=O. The number of benzene rings is 1. The van der Waals surface area contributed by atoms with Crippen molar-refractivity contribution in [2.45, 2.75) is 26.0 Å². The summed E-state index contributed by atoms with van der Waals surface area (Å²) in [5, 5.41) is 2.82. The third-order valence-corrected chi connectivity index (χ3v) is 3.83. The van der Waals surface area contributed by atoms with Crippen LogP contribution in [0.2, 0.25) is 0 Å². The number of amides is 2. The van der Waals surface area contributed by atoms with Crippen LogP contribution in [0, 0.1) is 0 Å². The average Bonchev–Trinajstić information content (AvgIpc) is 2.61. The Labute approximate surface area is 140 Å². The maximum absolute atomic E-state index is 12.3. The fourth-order valence-corrected chi connectivity index (χ4v) is 2.58. The number of aromatic nitrogens is 1. The van der Waals surface area contributed by atoms with Gasteiger partial charge in [-0.1, -0.05) is 18.2 Å². The molecule has 1 atom stereocenters. The molecule has 1 aliphatic rings. The van der Waals surface area contributed by atoms with Crippen molar-refractivity contribution in [3.8, 4) is 5.75 Å². The van der Waals surface area contributed by atoms with Crippen molar-refractivity contribution in [3.63, 3.8) is 0 Å². The number of hydrogen-bond acceptors (Lipinski definition) is 4. The number of ether oxygens (including phenoxy) is 1. The van der Waals surface area contributed by atoms with E-state index >= 15 is 0 Å². The molecule has 3 rings (SSSR count). The highest BCUT2D eigenvalue weighted by molar-refractivity contribution is 6.00. The van der Waals surface area contributed by atoms with E-state index in [9.17, 15) is 9.59 Å². The highest BCUT2D eigenvalue weighted by Gasteiger charge is 2.31. The molecule has 124 valence electrons. The zero-order valence-electron chi connectivity index (χ0n) is 13.4. The van der Waals surface area contributed by atoms with Gasteiger partial charge in [-0.3, -0.25) is 14.6 Å². The number of carbonyl (C=O) groups is 2. The van der Waals surface area contributed by atoms with E-state index in [4.69, 9.17) is 4.74 Å². The summed E-state index contributed by atoms with van der Waals surface area (Å²) in [6.45, 7) is 2.41. The summed E-state index contributed by atoms with van der Waals surface area (Å²) in [4.78, 5) is 30.2. The molecule has 0 spiro atoms. The van der Waals surface area contributed by atoms with Crippen molar-refractivity contribution in [2.24, 2.45) is 0 Å². The minimum absolute atomic E-state index is 0.120. The molecule has 2 amide bonds. The van der Waals surface area contributed by atoms with Gasteiger partial charge in [-0.05, 0) is 31.2 Å². The van der Waals surface area contributed by atoms with E-state index in [1.165, 1.54) is 0 Å². The lowest BCUT2D eigenvalue weighted by Crippen LogP contribution is -2.45. The fourth-order valence-electron chi connectivity index (χ4n) is 2.58. The standard InChI is InChI=1S/C18H19N3O3/c1-13-18(23)21(15-7-2-3-8-16(15)24-13)11-9-17(22)20-12-14-6-4-5-10-19-14/h2-8,10,13H,9,11-12H2,1H3,(H,20,22)/t13-/m0/s1. The summed E-state index contributed by atoms with van der Waals surface area (Å²) >= 11 is 0. The zero-order chi connectivity index (χ0) is 16.9. The lowest BCUT2D eigenvalue weighted by molar-refractivity contribution is -0.125. The number of nitrogens with one attached hydrogen (secondary N) is 1. The molecule has 6 heteroatoms. The number of carbonyl (C=O) groups excluding carboxylic acids is 2. The fraction of sp³-hybridized carbons (Fsp3) is 0.278. The minimum atomic E-state index is -0.545. The van der Waals surface area contributed by atoms with Gasteiger partial charge in [0.25, 0.3) is 5.91 Å². The number of rotatable bonds is 5. The topological polar surface area (TPSA) is 71.5 Å². The quantitative estimate of drug-likeness (QED) is 0.911. The second-order valence-corrected chi connectivity index (χ2v) is 5.57. The van der Waals surface area contributed by atoms with Crippen molar-refractivity contribution < 1.29 is 14.3 Å². The average molecular weight is 325 g/mol. The summed E-state index contributed by atoms with van der Waals surface area (Å²) in [6.07, 6.45) is 1.36. The molecule has 24 heavy (non-hydrogen) atoms. The molecule has 0 unspecified atom stereocenters. The maximum Gasteiger partial charge on any atom is 0.267 e. The lowest BCUT2D eigenvalue weighted by Gasteiger charge is -2.32. The Morgan fingerprint density at radius 3 is 2.83 bits per heavy atom. The maximum atomic E-state index is 12.3. The van der Waals surface area contributed by atoms with Gasteiger partial charge in [0.05, 0.1) is 17.9 Å². The second kappa shape index (κ2) is 7.12. The van der Waals surface area contributed by atoms with Crippen LogP contribution < -0.4 is 15.0 Å². The van der Waals surface area contributed by atoms with Gasteiger partial charge in [0.15, 0.2) is 6.10 Å². The summed E-state index contributed by atoms with van der Waals surface area (Å²) < 4.78 is 5.59. The molecule has 0 radical (unpaired) electrons. The summed E-state index contributed by atoms with van der Waals surface area (Å²) in [6, 6.07) is 12.9. The van der Waals surface area contributed by atoms with Gasteiger partial charge in [0.2, 0.25) is 5.91 Å². The summed E-state index contributed by atoms with van der Waals surface area (Å²) in [5.74, 6) is 0.412. The van der Waals surface area contributed by atoms with E-state index in [0.717, 1.165) is 5.69 Å². The molecular weight excluding hydrogens is 306 g/mol. The van der Waals surface area contributed by atoms with Gasteiger partial charge in [0.1, 0.15) is 5.75 Å². The third kappa shape index (κ3) is 3.53. The van der Waals surface area contributed by atoms with Crippen molar-refractivity contribution in [2.75, 3.05) is 11.4 Å². The van der Waals surface area contributed by atoms with Gasteiger partial charge in [-0.25, -0.2) is 0 Å². The first kappa shape index (κ1) is 16.0. The van der Waals surface area contributed by atoms with E-state index in [-0.39, 0.29) is 18.2 Å². The molecule has 6 nitrogen and oxygen atoms in total. The number of hydrogen-bond donors (Lipinski definition) is 1. The predicted octanol–water partition coefficient (Wildman–Crippen LogP) is 1.90. The van der Waals surface area contributed by atoms with E-state index in [1.54, 1.807) is 18.0 Å². The molecule has 0 saturated carbocycles. The highest BCUT2D eigenvalue weighted by atomic mass is 16.5. The Balaban J connectivity index is 1.59. The van der Waals surface area contributed by atoms with Crippen LogP contribution in [0.15, 0.2) is 48.7 Å². The third-order valence-electron chi connectivity index (χ3n) is 3.83. The van der Waals surface area contributed by atoms with Crippen molar-refractivity contribution in [3.05, 3.63) is 54.4 Å². The van der Waals surface area contributed by atoms with Gasteiger partial charge in [-0.2, -0.15) is 0 Å². The Hall–Kier alpha value is -2.89. The van der Waals surface area contributed by atoms with E-state index < -0.39 is 6.10 Å². The van der Waals surface area contributed by atoms with Crippen molar-refractivity contribution in [1.29, 1.82) is 0 Å². The molecule has 0 fully saturated rings. The van der Waals surface area contributed by atoms with E-state index in [1.807, 2.05) is 42.5 Å². The molecule has 1 aromatic heterocycles. The molecule has 2 aromatic rings. The normalized spacial score (nSPS) is 16.3. The number of anilines is 1. The van der Waals surface area contributed by atoms with Crippen LogP contribution in [0.3, 0.4) is 0 Å². The minimum Gasteiger partial charge on any atom is -0.479 e. The Kier molecular flexibility index (Phi) is 4.74. The molecule has 1 N–H and O–H groups in total. The summed E-state index contributed by atoms with van der Waals surface area (Å²) in [7, 11) is 0. The van der Waals surface area contributed by atoms with Crippen LogP contribution in [0.4, 0.5) is 5.69 Å².